The molecule has 1 heterocycles. The van der Waals surface area contributed by atoms with Gasteiger partial charge in [-0.05, 0) is 6.07 Å². The summed E-state index contributed by atoms with van der Waals surface area (Å²) in [4.78, 5) is 8.36. The van der Waals surface area contributed by atoms with Crippen LogP contribution in [0, 0.1) is 10.1 Å². The van der Waals surface area contributed by atoms with Gasteiger partial charge in [-0.2, -0.15) is 5.10 Å². The van der Waals surface area contributed by atoms with Crippen LogP contribution in [0.4, 0.5) is 0 Å². The summed E-state index contributed by atoms with van der Waals surface area (Å²) in [5.41, 5.74) is 11.4. The summed E-state index contributed by atoms with van der Waals surface area (Å²) in [5, 5.41) is 24.2. The molecule has 0 aliphatic rings. The molecule has 100 valence electrons. The van der Waals surface area contributed by atoms with Crippen LogP contribution in [0.1, 0.15) is 5.56 Å². The quantitative estimate of drug-likeness (QED) is 0.328. The number of thiophene rings is 1. The van der Waals surface area contributed by atoms with Gasteiger partial charge in [0.2, 0.25) is 5.96 Å². The first kappa shape index (κ1) is 14.4. The smallest absolute Gasteiger partial charge is 0.291 e. The standard InChI is InChI=1S/C10H10N4S.HNO3/c11-10(12)14-13-5-7-6-15-9-4-2-1-3-8(7)9;2-1(3)4/h1-6H,(H4,11,12,14);(H,2,3,4)/b13-5+;. The zero-order chi connectivity index (χ0) is 14.3. The minimum absolute atomic E-state index is 0.0363. The second-order valence-electron chi connectivity index (χ2n) is 3.19. The third-order valence-corrected chi connectivity index (χ3v) is 2.86. The summed E-state index contributed by atoms with van der Waals surface area (Å²) in [6.07, 6.45) is 1.65. The molecule has 5 N–H and O–H groups in total. The van der Waals surface area contributed by atoms with Crippen molar-refractivity contribution in [1.29, 1.82) is 0 Å². The van der Waals surface area contributed by atoms with Gasteiger partial charge < -0.3 is 16.7 Å². The first-order valence-electron chi connectivity index (χ1n) is 4.92. The lowest BCUT2D eigenvalue weighted by atomic mass is 10.2. The first-order chi connectivity index (χ1) is 9.00. The fraction of sp³-hybridized carbons (Fsp3) is 0. The molecule has 0 aliphatic carbocycles. The predicted molar refractivity (Wildman–Crippen MR) is 74.0 cm³/mol. The van der Waals surface area contributed by atoms with E-state index in [2.05, 4.69) is 16.3 Å². The van der Waals surface area contributed by atoms with Crippen LogP contribution < -0.4 is 11.5 Å². The van der Waals surface area contributed by atoms with Gasteiger partial charge in [0.1, 0.15) is 0 Å². The minimum Gasteiger partial charge on any atom is -0.369 e. The minimum atomic E-state index is -1.50. The van der Waals surface area contributed by atoms with E-state index in [0.717, 1.165) is 10.9 Å². The second-order valence-corrected chi connectivity index (χ2v) is 4.11. The van der Waals surface area contributed by atoms with E-state index in [1.807, 2.05) is 23.6 Å². The van der Waals surface area contributed by atoms with Gasteiger partial charge in [0.25, 0.3) is 5.09 Å². The van der Waals surface area contributed by atoms with Crippen LogP contribution in [0.5, 0.6) is 0 Å². The molecule has 19 heavy (non-hydrogen) atoms. The van der Waals surface area contributed by atoms with Crippen LogP contribution in [0.2, 0.25) is 0 Å². The molecule has 0 spiro atoms. The van der Waals surface area contributed by atoms with E-state index >= 15 is 0 Å². The molecule has 0 radical (unpaired) electrons. The van der Waals surface area contributed by atoms with Crippen molar-refractivity contribution < 1.29 is 10.3 Å². The number of benzene rings is 1. The Bertz CT molecular complexity index is 614. The maximum Gasteiger partial charge on any atom is 0.291 e. The lowest BCUT2D eigenvalue weighted by Gasteiger charge is -1.89. The Labute approximate surface area is 111 Å². The summed E-state index contributed by atoms with van der Waals surface area (Å²) < 4.78 is 1.23. The first-order valence-corrected chi connectivity index (χ1v) is 5.80. The Morgan fingerprint density at radius 1 is 1.42 bits per heavy atom. The Balaban J connectivity index is 0.000000399. The maximum atomic E-state index is 8.36. The van der Waals surface area contributed by atoms with Crippen molar-refractivity contribution >= 4 is 33.6 Å². The van der Waals surface area contributed by atoms with Gasteiger partial charge in [0, 0.05) is 21.0 Å². The van der Waals surface area contributed by atoms with Gasteiger partial charge in [-0.1, -0.05) is 18.2 Å². The normalized spacial score (nSPS) is 9.89. The van der Waals surface area contributed by atoms with E-state index < -0.39 is 5.09 Å². The zero-order valence-electron chi connectivity index (χ0n) is 9.63. The number of rotatable bonds is 2. The summed E-state index contributed by atoms with van der Waals surface area (Å²) >= 11 is 1.67. The van der Waals surface area contributed by atoms with Crippen molar-refractivity contribution in [2.24, 2.45) is 21.7 Å². The molecule has 2 aromatic rings. The monoisotopic (exact) mass is 281 g/mol. The van der Waals surface area contributed by atoms with Crippen molar-refractivity contribution in [3.05, 3.63) is 45.3 Å². The van der Waals surface area contributed by atoms with Crippen molar-refractivity contribution in [2.75, 3.05) is 0 Å². The van der Waals surface area contributed by atoms with Crippen molar-refractivity contribution in [2.45, 2.75) is 0 Å². The fourth-order valence-corrected chi connectivity index (χ4v) is 2.17. The van der Waals surface area contributed by atoms with E-state index in [0.29, 0.717) is 0 Å². The molecular weight excluding hydrogens is 270 g/mol. The highest BCUT2D eigenvalue weighted by atomic mass is 32.1. The van der Waals surface area contributed by atoms with Gasteiger partial charge in [-0.25, -0.2) is 0 Å². The molecule has 8 nitrogen and oxygen atoms in total. The average Bonchev–Trinajstić information content (AvgIpc) is 2.72. The Hall–Kier alpha value is -2.68. The van der Waals surface area contributed by atoms with E-state index in [9.17, 15) is 0 Å². The van der Waals surface area contributed by atoms with Gasteiger partial charge in [0.05, 0.1) is 6.21 Å². The number of hydrogen-bond donors (Lipinski definition) is 3. The molecule has 0 saturated heterocycles. The van der Waals surface area contributed by atoms with E-state index in [1.54, 1.807) is 17.6 Å². The fourth-order valence-electron chi connectivity index (χ4n) is 1.26. The molecule has 0 bridgehead atoms. The van der Waals surface area contributed by atoms with Crippen LogP contribution in [0.15, 0.2) is 39.8 Å². The van der Waals surface area contributed by atoms with Crippen molar-refractivity contribution in [1.82, 2.24) is 0 Å². The Kier molecular flexibility index (Phi) is 5.23. The van der Waals surface area contributed by atoms with Crippen LogP contribution >= 0.6 is 11.3 Å². The van der Waals surface area contributed by atoms with Gasteiger partial charge in [-0.15, -0.1) is 26.6 Å². The Morgan fingerprint density at radius 2 is 2.05 bits per heavy atom. The van der Waals surface area contributed by atoms with Crippen LogP contribution in [-0.2, 0) is 0 Å². The number of guanidine groups is 1. The van der Waals surface area contributed by atoms with E-state index in [-0.39, 0.29) is 5.96 Å². The van der Waals surface area contributed by atoms with E-state index in [4.69, 9.17) is 26.8 Å². The molecule has 9 heteroatoms. The molecule has 0 saturated carbocycles. The van der Waals surface area contributed by atoms with Gasteiger partial charge >= 0.3 is 0 Å². The SMILES string of the molecule is NC(N)=N/N=C/c1csc2ccccc12.O=[N+]([O-])O. The van der Waals surface area contributed by atoms with Crippen LogP contribution in [-0.4, -0.2) is 22.5 Å². The average molecular weight is 281 g/mol. The highest BCUT2D eigenvalue weighted by Gasteiger charge is 1.99. The topological polar surface area (TPSA) is 140 Å². The lowest BCUT2D eigenvalue weighted by molar-refractivity contribution is -0.742. The third-order valence-electron chi connectivity index (χ3n) is 1.88. The summed E-state index contributed by atoms with van der Waals surface area (Å²) in [5.74, 6) is -0.0363. The molecule has 1 aromatic heterocycles. The molecular formula is C10H11N5O3S. The van der Waals surface area contributed by atoms with Gasteiger partial charge in [0.15, 0.2) is 0 Å². The highest BCUT2D eigenvalue weighted by molar-refractivity contribution is 7.17. The zero-order valence-corrected chi connectivity index (χ0v) is 10.4. The molecule has 0 atom stereocenters. The predicted octanol–water partition coefficient (Wildman–Crippen LogP) is 1.16. The summed E-state index contributed by atoms with van der Waals surface area (Å²) in [6.45, 7) is 0. The molecule has 0 amide bonds. The lowest BCUT2D eigenvalue weighted by Crippen LogP contribution is -2.21. The number of nitrogens with two attached hydrogens (primary N) is 2. The summed E-state index contributed by atoms with van der Waals surface area (Å²) in [6, 6.07) is 8.11. The maximum absolute atomic E-state index is 8.36. The summed E-state index contributed by atoms with van der Waals surface area (Å²) in [7, 11) is 0. The Morgan fingerprint density at radius 3 is 2.68 bits per heavy atom. The van der Waals surface area contributed by atoms with Crippen molar-refractivity contribution in [3.63, 3.8) is 0 Å². The molecule has 0 aliphatic heterocycles. The van der Waals surface area contributed by atoms with Gasteiger partial charge in [-0.3, -0.25) is 0 Å². The van der Waals surface area contributed by atoms with Crippen LogP contribution in [0.25, 0.3) is 10.1 Å². The molecule has 0 fully saturated rings. The third kappa shape index (κ3) is 5.00. The second kappa shape index (κ2) is 6.91. The largest absolute Gasteiger partial charge is 0.369 e. The van der Waals surface area contributed by atoms with E-state index in [1.165, 1.54) is 4.70 Å². The molecule has 0 unspecified atom stereocenters. The molecule has 2 rings (SSSR count). The highest BCUT2D eigenvalue weighted by Crippen LogP contribution is 2.24. The van der Waals surface area contributed by atoms with Crippen molar-refractivity contribution in [3.8, 4) is 0 Å². The number of hydrogen-bond acceptors (Lipinski definition) is 5. The number of nitrogens with zero attached hydrogens (tertiary/aromatic N) is 3. The van der Waals surface area contributed by atoms with Crippen LogP contribution in [0.3, 0.4) is 0 Å². The number of fused-ring (bicyclic) bond motifs is 1. The molecule has 1 aromatic carbocycles.